The van der Waals surface area contributed by atoms with E-state index in [1.165, 1.54) is 17.5 Å². The van der Waals surface area contributed by atoms with Crippen LogP contribution in [0.1, 0.15) is 93.8 Å². The van der Waals surface area contributed by atoms with Gasteiger partial charge in [-0.05, 0) is 83.9 Å². The second-order valence-corrected chi connectivity index (χ2v) is 11.1. The summed E-state index contributed by atoms with van der Waals surface area (Å²) >= 11 is 0. The summed E-state index contributed by atoms with van der Waals surface area (Å²) in [7, 11) is 0. The summed E-state index contributed by atoms with van der Waals surface area (Å²) in [5, 5.41) is 19.4. The first-order chi connectivity index (χ1) is 16.0. The third-order valence-electron chi connectivity index (χ3n) is 7.78. The Balaban J connectivity index is 1.79. The van der Waals surface area contributed by atoms with Gasteiger partial charge in [-0.15, -0.1) is 0 Å². The van der Waals surface area contributed by atoms with E-state index in [2.05, 4.69) is 46.8 Å². The largest absolute Gasteiger partial charge is 0.512 e. The van der Waals surface area contributed by atoms with Crippen molar-refractivity contribution in [3.63, 3.8) is 0 Å². The first kappa shape index (κ1) is 24.9. The number of hydrogen-bond acceptors (Lipinski definition) is 5. The van der Waals surface area contributed by atoms with Crippen molar-refractivity contribution in [2.45, 2.75) is 83.8 Å². The van der Waals surface area contributed by atoms with E-state index < -0.39 is 5.79 Å². The van der Waals surface area contributed by atoms with E-state index in [4.69, 9.17) is 19.6 Å². The lowest BCUT2D eigenvalue weighted by Crippen LogP contribution is -2.36. The van der Waals surface area contributed by atoms with Crippen molar-refractivity contribution in [2.24, 2.45) is 0 Å². The topological polar surface area (TPSA) is 71.8 Å². The first-order valence-electron chi connectivity index (χ1n) is 12.4. The molecule has 1 aromatic carbocycles. The van der Waals surface area contributed by atoms with Gasteiger partial charge < -0.3 is 19.7 Å². The number of ether oxygens (including phenoxy) is 2. The molecule has 2 aromatic rings. The lowest BCUT2D eigenvalue weighted by atomic mass is 9.62. The number of fused-ring (bicyclic) bond motifs is 1. The van der Waals surface area contributed by atoms with Gasteiger partial charge in [0.2, 0.25) is 5.79 Å². The van der Waals surface area contributed by atoms with Gasteiger partial charge in [0.15, 0.2) is 0 Å². The second kappa shape index (κ2) is 9.10. The fourth-order valence-electron chi connectivity index (χ4n) is 5.34. The molecule has 0 radical (unpaired) electrons. The van der Waals surface area contributed by atoms with E-state index in [0.717, 1.165) is 28.7 Å². The molecule has 2 N–H and O–H groups in total. The number of aromatic nitrogens is 1. The highest BCUT2D eigenvalue weighted by Crippen LogP contribution is 2.49. The van der Waals surface area contributed by atoms with Crippen LogP contribution in [0.5, 0.6) is 0 Å². The van der Waals surface area contributed by atoms with E-state index in [9.17, 15) is 5.11 Å². The fraction of sp³-hybridized carbons (Fsp3) is 0.552. The Bertz CT molecular complexity index is 1080. The van der Waals surface area contributed by atoms with E-state index in [1.807, 2.05) is 19.1 Å². The Kier molecular flexibility index (Phi) is 6.67. The number of allylic oxidation sites excluding steroid dienone is 2. The molecular weight excluding hydrogens is 426 g/mol. The van der Waals surface area contributed by atoms with Gasteiger partial charge >= 0.3 is 0 Å². The molecule has 2 heterocycles. The Morgan fingerprint density at radius 1 is 0.971 bits per heavy atom. The van der Waals surface area contributed by atoms with Gasteiger partial charge in [0, 0.05) is 24.8 Å². The van der Waals surface area contributed by atoms with Gasteiger partial charge in [-0.1, -0.05) is 39.8 Å². The van der Waals surface area contributed by atoms with Crippen LogP contribution in [0.15, 0.2) is 36.2 Å². The molecule has 5 heteroatoms. The van der Waals surface area contributed by atoms with Crippen LogP contribution in [0, 0.1) is 6.92 Å². The van der Waals surface area contributed by atoms with E-state index in [0.29, 0.717) is 31.7 Å². The highest BCUT2D eigenvalue weighted by atomic mass is 16.7. The van der Waals surface area contributed by atoms with Crippen molar-refractivity contribution in [1.82, 2.24) is 4.98 Å². The molecule has 0 unspecified atom stereocenters. The van der Waals surface area contributed by atoms with Gasteiger partial charge in [-0.3, -0.25) is 4.98 Å². The Morgan fingerprint density at radius 2 is 1.59 bits per heavy atom. The lowest BCUT2D eigenvalue weighted by molar-refractivity contribution is -0.133. The van der Waals surface area contributed by atoms with Crippen LogP contribution in [0.4, 0.5) is 0 Å². The third kappa shape index (κ3) is 4.30. The zero-order valence-corrected chi connectivity index (χ0v) is 21.5. The van der Waals surface area contributed by atoms with Gasteiger partial charge in [0.25, 0.3) is 0 Å². The van der Waals surface area contributed by atoms with Crippen molar-refractivity contribution in [1.29, 1.82) is 0 Å². The number of benzene rings is 1. The smallest absolute Gasteiger partial charge is 0.240 e. The fourth-order valence-corrected chi connectivity index (χ4v) is 5.34. The summed E-state index contributed by atoms with van der Waals surface area (Å²) in [5.41, 5.74) is 7.50. The highest BCUT2D eigenvalue weighted by molar-refractivity contribution is 5.65. The summed E-state index contributed by atoms with van der Waals surface area (Å²) in [6.45, 7) is 14.4. The first-order valence-corrected chi connectivity index (χ1v) is 12.4. The molecule has 1 saturated heterocycles. The van der Waals surface area contributed by atoms with Crippen molar-refractivity contribution in [3.8, 4) is 0 Å². The number of aliphatic hydroxyl groups excluding tert-OH is 2. The molecule has 1 aliphatic heterocycles. The molecule has 1 aliphatic carbocycles. The van der Waals surface area contributed by atoms with Gasteiger partial charge in [0.05, 0.1) is 19.0 Å². The van der Waals surface area contributed by atoms with Crippen molar-refractivity contribution < 1.29 is 19.7 Å². The van der Waals surface area contributed by atoms with Gasteiger partial charge in [0.1, 0.15) is 5.69 Å². The minimum absolute atomic E-state index is 0.0554. The molecule has 2 aliphatic rings. The van der Waals surface area contributed by atoms with E-state index >= 15 is 0 Å². The Labute approximate surface area is 203 Å². The summed E-state index contributed by atoms with van der Waals surface area (Å²) in [5.74, 6) is -0.756. The third-order valence-corrected chi connectivity index (χ3v) is 7.78. The Morgan fingerprint density at radius 3 is 2.15 bits per heavy atom. The molecule has 4 rings (SSSR count). The maximum absolute atomic E-state index is 10.3. The number of aliphatic hydroxyl groups is 2. The van der Waals surface area contributed by atoms with Gasteiger partial charge in [-0.25, -0.2) is 0 Å². The number of nitrogens with zero attached hydrogens (tertiary/aromatic N) is 1. The molecule has 0 bridgehead atoms. The van der Waals surface area contributed by atoms with Crippen LogP contribution in [-0.4, -0.2) is 35.0 Å². The number of aryl methyl sites for hydroxylation is 1. The van der Waals surface area contributed by atoms with Crippen LogP contribution < -0.4 is 0 Å². The van der Waals surface area contributed by atoms with Gasteiger partial charge in [-0.2, -0.15) is 0 Å². The van der Waals surface area contributed by atoms with Crippen molar-refractivity contribution in [2.75, 3.05) is 19.8 Å². The monoisotopic (exact) mass is 465 g/mol. The molecular formula is C29H39NO4. The predicted molar refractivity (Wildman–Crippen MR) is 135 cm³/mol. The summed E-state index contributed by atoms with van der Waals surface area (Å²) < 4.78 is 12.7. The minimum Gasteiger partial charge on any atom is -0.512 e. The number of hydrogen-bond donors (Lipinski definition) is 2. The molecule has 1 aromatic heterocycles. The predicted octanol–water partition coefficient (Wildman–Crippen LogP) is 6.05. The maximum atomic E-state index is 10.3. The molecule has 34 heavy (non-hydrogen) atoms. The minimum atomic E-state index is -1.04. The molecule has 0 amide bonds. The number of rotatable bonds is 6. The highest BCUT2D eigenvalue weighted by Gasteiger charge is 2.46. The van der Waals surface area contributed by atoms with Crippen LogP contribution in [0.3, 0.4) is 0 Å². The summed E-state index contributed by atoms with van der Waals surface area (Å²) in [4.78, 5) is 4.77. The molecule has 5 nitrogen and oxygen atoms in total. The average molecular weight is 466 g/mol. The van der Waals surface area contributed by atoms with Crippen LogP contribution >= 0.6 is 0 Å². The maximum Gasteiger partial charge on any atom is 0.240 e. The quantitative estimate of drug-likeness (QED) is 0.508. The SMILES string of the molecule is C/C(=C(/O)CCCO)c1ccc(C2(c3cc4c(cc3C)C(C)(C)CCC4(C)C)OCCO2)nc1. The molecule has 0 atom stereocenters. The standard InChI is InChI=1S/C29H39NO4/c1-19-16-23-24(28(5,6)12-11-27(23,3)4)17-22(19)29(33-14-15-34-29)26-10-9-21(18-30-26)20(2)25(32)8-7-13-31/h9-10,16-18,31-32H,7-8,11-15H2,1-6H3/b25-20-. The zero-order chi connectivity index (χ0) is 24.7. The van der Waals surface area contributed by atoms with Crippen LogP contribution in [-0.2, 0) is 26.1 Å². The summed E-state index contributed by atoms with van der Waals surface area (Å²) in [6, 6.07) is 8.54. The molecule has 184 valence electrons. The van der Waals surface area contributed by atoms with E-state index in [-0.39, 0.29) is 23.2 Å². The van der Waals surface area contributed by atoms with Crippen molar-refractivity contribution >= 4 is 5.57 Å². The molecule has 1 fully saturated rings. The normalized spacial score (nSPS) is 21.1. The van der Waals surface area contributed by atoms with E-state index in [1.54, 1.807) is 6.20 Å². The zero-order valence-electron chi connectivity index (χ0n) is 21.5. The van der Waals surface area contributed by atoms with Crippen LogP contribution in [0.25, 0.3) is 5.57 Å². The Hall–Kier alpha value is -2.21. The number of pyridine rings is 1. The molecule has 0 spiro atoms. The molecule has 0 saturated carbocycles. The van der Waals surface area contributed by atoms with Crippen molar-refractivity contribution in [3.05, 3.63) is 69.7 Å². The summed E-state index contributed by atoms with van der Waals surface area (Å²) in [6.07, 6.45) is 5.06. The van der Waals surface area contributed by atoms with Crippen LogP contribution in [0.2, 0.25) is 0 Å². The second-order valence-electron chi connectivity index (χ2n) is 11.1. The lowest BCUT2D eigenvalue weighted by Gasteiger charge is -2.43. The average Bonchev–Trinajstić information content (AvgIpc) is 3.31.